The Morgan fingerprint density at radius 1 is 1.08 bits per heavy atom. The maximum absolute atomic E-state index is 12.4. The average Bonchev–Trinajstić information content (AvgIpc) is 3.33. The van der Waals surface area contributed by atoms with Crippen molar-refractivity contribution in [3.63, 3.8) is 0 Å². The van der Waals surface area contributed by atoms with Crippen molar-refractivity contribution >= 4 is 34.0 Å². The Kier molecular flexibility index (Phi) is 4.51. The zero-order valence-electron chi connectivity index (χ0n) is 13.5. The minimum atomic E-state index is -0.257. The summed E-state index contributed by atoms with van der Waals surface area (Å²) in [5.41, 5.74) is 2.92. The first-order chi connectivity index (χ1) is 12.7. The number of carbonyl (C=O) groups is 1. The summed E-state index contributed by atoms with van der Waals surface area (Å²) in [6.45, 7) is 0. The fourth-order valence-electron chi connectivity index (χ4n) is 2.46. The molecule has 0 atom stereocenters. The molecule has 2 heterocycles. The fraction of sp³-hybridized carbons (Fsp3) is 0. The average molecular weight is 381 g/mol. The fourth-order valence-corrected chi connectivity index (χ4v) is 3.39. The zero-order valence-corrected chi connectivity index (χ0v) is 15.0. The third-order valence-corrected chi connectivity index (χ3v) is 4.83. The van der Waals surface area contributed by atoms with Gasteiger partial charge in [0.25, 0.3) is 5.91 Å². The summed E-state index contributed by atoms with van der Waals surface area (Å²) in [5, 5.41) is 10.0. The quantitative estimate of drug-likeness (QED) is 0.547. The van der Waals surface area contributed by atoms with E-state index < -0.39 is 0 Å². The number of nitrogens with one attached hydrogen (secondary N) is 1. The van der Waals surface area contributed by atoms with Gasteiger partial charge in [-0.25, -0.2) is 9.67 Å². The second-order valence-corrected chi connectivity index (χ2v) is 6.75. The van der Waals surface area contributed by atoms with E-state index in [0.29, 0.717) is 15.7 Å². The number of nitrogens with zero attached hydrogens (tertiary/aromatic N) is 3. The first-order valence-electron chi connectivity index (χ1n) is 7.82. The highest BCUT2D eigenvalue weighted by atomic mass is 35.5. The van der Waals surface area contributed by atoms with Gasteiger partial charge >= 0.3 is 0 Å². The number of benzene rings is 2. The van der Waals surface area contributed by atoms with E-state index in [4.69, 9.17) is 11.6 Å². The number of carbonyl (C=O) groups excluding carboxylic acids is 1. The number of anilines is 1. The molecule has 0 radical (unpaired) electrons. The maximum atomic E-state index is 12.4. The second kappa shape index (κ2) is 7.11. The molecule has 2 aromatic carbocycles. The summed E-state index contributed by atoms with van der Waals surface area (Å²) in [6, 6.07) is 17.1. The first-order valence-corrected chi connectivity index (χ1v) is 9.08. The van der Waals surface area contributed by atoms with Crippen molar-refractivity contribution in [2.75, 3.05) is 5.32 Å². The van der Waals surface area contributed by atoms with Gasteiger partial charge in [0.05, 0.1) is 23.1 Å². The Hall–Kier alpha value is -2.96. The number of aromatic nitrogens is 3. The predicted molar refractivity (Wildman–Crippen MR) is 104 cm³/mol. The largest absolute Gasteiger partial charge is 0.298 e. The molecule has 0 unspecified atom stereocenters. The molecule has 4 rings (SSSR count). The molecule has 0 saturated carbocycles. The summed E-state index contributed by atoms with van der Waals surface area (Å²) in [7, 11) is 0. The predicted octanol–water partition coefficient (Wildman–Crippen LogP) is 4.90. The second-order valence-electron chi connectivity index (χ2n) is 5.48. The van der Waals surface area contributed by atoms with E-state index in [2.05, 4.69) is 15.4 Å². The van der Waals surface area contributed by atoms with Crippen LogP contribution in [0.5, 0.6) is 0 Å². The highest BCUT2D eigenvalue weighted by molar-refractivity contribution is 7.14. The van der Waals surface area contributed by atoms with E-state index in [1.54, 1.807) is 10.9 Å². The first kappa shape index (κ1) is 16.5. The van der Waals surface area contributed by atoms with Crippen LogP contribution in [-0.4, -0.2) is 20.7 Å². The van der Waals surface area contributed by atoms with Crippen molar-refractivity contribution in [2.45, 2.75) is 0 Å². The minimum absolute atomic E-state index is 0.257. The van der Waals surface area contributed by atoms with E-state index in [9.17, 15) is 4.79 Å². The van der Waals surface area contributed by atoms with Crippen molar-refractivity contribution in [2.24, 2.45) is 0 Å². The van der Waals surface area contributed by atoms with Crippen LogP contribution in [0.25, 0.3) is 16.9 Å². The lowest BCUT2D eigenvalue weighted by Crippen LogP contribution is -2.10. The van der Waals surface area contributed by atoms with Crippen LogP contribution in [0, 0.1) is 0 Å². The third kappa shape index (κ3) is 3.37. The Morgan fingerprint density at radius 3 is 2.65 bits per heavy atom. The van der Waals surface area contributed by atoms with E-state index in [1.165, 1.54) is 17.5 Å². The topological polar surface area (TPSA) is 59.8 Å². The van der Waals surface area contributed by atoms with Gasteiger partial charge in [0.1, 0.15) is 0 Å². The molecule has 5 nitrogen and oxygen atoms in total. The van der Waals surface area contributed by atoms with Crippen LogP contribution >= 0.6 is 22.9 Å². The van der Waals surface area contributed by atoms with E-state index in [-0.39, 0.29) is 5.91 Å². The lowest BCUT2D eigenvalue weighted by atomic mass is 10.2. The highest BCUT2D eigenvalue weighted by Crippen LogP contribution is 2.30. The van der Waals surface area contributed by atoms with E-state index >= 15 is 0 Å². The molecular formula is C19H13ClN4OS. The Labute approximate surface area is 158 Å². The molecule has 1 amide bonds. The summed E-state index contributed by atoms with van der Waals surface area (Å²) < 4.78 is 1.66. The van der Waals surface area contributed by atoms with Crippen LogP contribution in [0.15, 0.2) is 72.4 Å². The van der Waals surface area contributed by atoms with Crippen molar-refractivity contribution < 1.29 is 4.79 Å². The maximum Gasteiger partial charge on any atom is 0.260 e. The number of thiazole rings is 1. The lowest BCUT2D eigenvalue weighted by Gasteiger charge is -2.00. The molecule has 0 bridgehead atoms. The SMILES string of the molecule is O=C(Nc1nc(-c2ccccc2Cl)cs1)c1cnn(-c2ccccc2)c1. The number of halogens is 1. The van der Waals surface area contributed by atoms with Gasteiger partial charge in [-0.15, -0.1) is 11.3 Å². The van der Waals surface area contributed by atoms with Crippen molar-refractivity contribution in [1.29, 1.82) is 0 Å². The Morgan fingerprint density at radius 2 is 1.85 bits per heavy atom. The smallest absolute Gasteiger partial charge is 0.260 e. The molecule has 2 aromatic heterocycles. The Bertz CT molecular complexity index is 1060. The molecule has 7 heteroatoms. The third-order valence-electron chi connectivity index (χ3n) is 3.74. The summed E-state index contributed by atoms with van der Waals surface area (Å²) in [5.74, 6) is -0.257. The van der Waals surface area contributed by atoms with Crippen molar-refractivity contribution in [1.82, 2.24) is 14.8 Å². The van der Waals surface area contributed by atoms with Gasteiger partial charge < -0.3 is 0 Å². The van der Waals surface area contributed by atoms with Crippen molar-refractivity contribution in [3.8, 4) is 16.9 Å². The van der Waals surface area contributed by atoms with Crippen molar-refractivity contribution in [3.05, 3.63) is 83.0 Å². The van der Waals surface area contributed by atoms with Crippen LogP contribution in [0.3, 0.4) is 0 Å². The summed E-state index contributed by atoms with van der Waals surface area (Å²) in [6.07, 6.45) is 3.22. The number of hydrogen-bond donors (Lipinski definition) is 1. The molecule has 0 spiro atoms. The van der Waals surface area contributed by atoms with Crippen LogP contribution in [-0.2, 0) is 0 Å². The number of hydrogen-bond acceptors (Lipinski definition) is 4. The van der Waals surface area contributed by atoms with Gasteiger partial charge in [0.15, 0.2) is 5.13 Å². The molecule has 26 heavy (non-hydrogen) atoms. The van der Waals surface area contributed by atoms with E-state index in [1.807, 2.05) is 60.0 Å². The molecule has 0 aliphatic carbocycles. The van der Waals surface area contributed by atoms with Gasteiger partial charge in [0, 0.05) is 22.2 Å². The zero-order chi connectivity index (χ0) is 17.9. The van der Waals surface area contributed by atoms with Crippen LogP contribution < -0.4 is 5.32 Å². The number of rotatable bonds is 4. The molecule has 0 fully saturated rings. The summed E-state index contributed by atoms with van der Waals surface area (Å²) in [4.78, 5) is 16.9. The molecule has 128 valence electrons. The highest BCUT2D eigenvalue weighted by Gasteiger charge is 2.13. The minimum Gasteiger partial charge on any atom is -0.298 e. The van der Waals surface area contributed by atoms with Gasteiger partial charge in [-0.05, 0) is 18.2 Å². The molecule has 4 aromatic rings. The molecule has 0 aliphatic rings. The molecule has 1 N–H and O–H groups in total. The lowest BCUT2D eigenvalue weighted by molar-refractivity contribution is 0.102. The summed E-state index contributed by atoms with van der Waals surface area (Å²) >= 11 is 7.55. The van der Waals surface area contributed by atoms with E-state index in [0.717, 1.165) is 16.9 Å². The van der Waals surface area contributed by atoms with Gasteiger partial charge in [-0.2, -0.15) is 5.10 Å². The van der Waals surface area contributed by atoms with Gasteiger partial charge in [0.2, 0.25) is 0 Å². The standard InChI is InChI=1S/C19H13ClN4OS/c20-16-9-5-4-8-15(16)17-12-26-19(22-17)23-18(25)13-10-21-24(11-13)14-6-2-1-3-7-14/h1-12H,(H,22,23,25). The van der Waals surface area contributed by atoms with Crippen LogP contribution in [0.4, 0.5) is 5.13 Å². The normalized spacial score (nSPS) is 10.7. The number of para-hydroxylation sites is 1. The van der Waals surface area contributed by atoms with Gasteiger partial charge in [-0.3, -0.25) is 10.1 Å². The van der Waals surface area contributed by atoms with Crippen LogP contribution in [0.2, 0.25) is 5.02 Å². The van der Waals surface area contributed by atoms with Gasteiger partial charge in [-0.1, -0.05) is 48.0 Å². The Balaban J connectivity index is 1.51. The molecule has 0 saturated heterocycles. The number of amides is 1. The molecule has 0 aliphatic heterocycles. The molecular weight excluding hydrogens is 368 g/mol. The van der Waals surface area contributed by atoms with Crippen LogP contribution in [0.1, 0.15) is 10.4 Å². The monoisotopic (exact) mass is 380 g/mol.